The molecule has 0 atom stereocenters. The average molecular weight is 240 g/mol. The third kappa shape index (κ3) is 3.51. The van der Waals surface area contributed by atoms with Crippen LogP contribution in [-0.2, 0) is 11.2 Å². The van der Waals surface area contributed by atoms with Crippen LogP contribution >= 0.6 is 15.9 Å². The molecule has 68 valence electrons. The molecule has 0 saturated carbocycles. The van der Waals surface area contributed by atoms with E-state index in [-0.39, 0.29) is 0 Å². The highest BCUT2D eigenvalue weighted by Crippen LogP contribution is 2.08. The fourth-order valence-electron chi connectivity index (χ4n) is 0.841. The van der Waals surface area contributed by atoms with Crippen LogP contribution in [0.5, 0.6) is 0 Å². The maximum absolute atomic E-state index is 10.3. The van der Waals surface area contributed by atoms with Crippen molar-refractivity contribution in [2.45, 2.75) is 13.3 Å². The van der Waals surface area contributed by atoms with E-state index < -0.39 is 0 Å². The van der Waals surface area contributed by atoms with Gasteiger partial charge in [-0.25, -0.2) is 0 Å². The lowest BCUT2D eigenvalue weighted by molar-refractivity contribution is -0.104. The highest BCUT2D eigenvalue weighted by atomic mass is 79.9. The Morgan fingerprint density at radius 3 is 2.92 bits per heavy atom. The lowest BCUT2D eigenvalue weighted by Crippen LogP contribution is -1.87. The van der Waals surface area contributed by atoms with Crippen LogP contribution in [0.15, 0.2) is 34.5 Å². The number of allylic oxidation sites excluding steroid dienone is 2. The molecular formula is C10H10BrNO. The van der Waals surface area contributed by atoms with Gasteiger partial charge in [0.15, 0.2) is 0 Å². The maximum Gasteiger partial charge on any atom is 0.145 e. The molecule has 0 bridgehead atoms. The number of aldehydes is 1. The smallest absolute Gasteiger partial charge is 0.145 e. The van der Waals surface area contributed by atoms with Crippen LogP contribution in [0.3, 0.4) is 0 Å². The second kappa shape index (κ2) is 4.92. The Balaban J connectivity index is 2.65. The van der Waals surface area contributed by atoms with Gasteiger partial charge in [-0.15, -0.1) is 0 Å². The molecule has 13 heavy (non-hydrogen) atoms. The number of rotatable bonds is 3. The minimum atomic E-state index is 0.706. The monoisotopic (exact) mass is 239 g/mol. The lowest BCUT2D eigenvalue weighted by Gasteiger charge is -1.95. The first kappa shape index (κ1) is 10.1. The second-order valence-corrected chi connectivity index (χ2v) is 3.65. The van der Waals surface area contributed by atoms with Gasteiger partial charge < -0.3 is 0 Å². The first-order chi connectivity index (χ1) is 6.22. The summed E-state index contributed by atoms with van der Waals surface area (Å²) < 4.78 is 0.965. The Kier molecular flexibility index (Phi) is 3.83. The standard InChI is InChI=1S/C10H10BrNO/c1-8(7-13)2-4-10-5-3-9(11)6-12-10/h2-3,5-7H,4H2,1H3/b8-2+. The minimum Gasteiger partial charge on any atom is -0.298 e. The Bertz CT molecular complexity index is 316. The van der Waals surface area contributed by atoms with E-state index >= 15 is 0 Å². The van der Waals surface area contributed by atoms with Crippen molar-refractivity contribution in [3.63, 3.8) is 0 Å². The summed E-state index contributed by atoms with van der Waals surface area (Å²) in [4.78, 5) is 14.5. The maximum atomic E-state index is 10.3. The fraction of sp³-hybridized carbons (Fsp3) is 0.200. The highest BCUT2D eigenvalue weighted by molar-refractivity contribution is 9.10. The van der Waals surface area contributed by atoms with Crippen molar-refractivity contribution in [1.29, 1.82) is 0 Å². The molecular weight excluding hydrogens is 230 g/mol. The van der Waals surface area contributed by atoms with Crippen molar-refractivity contribution in [3.05, 3.63) is 40.1 Å². The number of carbonyl (C=O) groups excluding carboxylic acids is 1. The molecule has 0 spiro atoms. The van der Waals surface area contributed by atoms with E-state index in [1.54, 1.807) is 13.1 Å². The highest BCUT2D eigenvalue weighted by Gasteiger charge is 1.92. The van der Waals surface area contributed by atoms with Crippen molar-refractivity contribution in [2.24, 2.45) is 0 Å². The number of hydrogen-bond donors (Lipinski definition) is 0. The topological polar surface area (TPSA) is 30.0 Å². The van der Waals surface area contributed by atoms with Crippen molar-refractivity contribution in [3.8, 4) is 0 Å². The molecule has 0 N–H and O–H groups in total. The summed E-state index contributed by atoms with van der Waals surface area (Å²) in [6.45, 7) is 1.78. The molecule has 1 aromatic rings. The van der Waals surface area contributed by atoms with Crippen LogP contribution in [0.25, 0.3) is 0 Å². The number of hydrogen-bond acceptors (Lipinski definition) is 2. The minimum absolute atomic E-state index is 0.706. The third-order valence-electron chi connectivity index (χ3n) is 1.61. The van der Waals surface area contributed by atoms with E-state index in [1.165, 1.54) is 0 Å². The van der Waals surface area contributed by atoms with Crippen molar-refractivity contribution >= 4 is 22.2 Å². The largest absolute Gasteiger partial charge is 0.298 e. The Hall–Kier alpha value is -0.960. The molecule has 0 aromatic carbocycles. The molecule has 1 heterocycles. The Morgan fingerprint density at radius 2 is 2.38 bits per heavy atom. The lowest BCUT2D eigenvalue weighted by atomic mass is 10.2. The van der Waals surface area contributed by atoms with Gasteiger partial charge in [-0.3, -0.25) is 9.78 Å². The number of pyridine rings is 1. The van der Waals surface area contributed by atoms with E-state index in [1.807, 2.05) is 18.2 Å². The van der Waals surface area contributed by atoms with Crippen molar-refractivity contribution in [1.82, 2.24) is 4.98 Å². The molecule has 1 rings (SSSR count). The van der Waals surface area contributed by atoms with Crippen LogP contribution in [0.1, 0.15) is 12.6 Å². The summed E-state index contributed by atoms with van der Waals surface area (Å²) in [5.74, 6) is 0. The molecule has 0 aliphatic heterocycles. The Labute approximate surface area is 85.8 Å². The van der Waals surface area contributed by atoms with E-state index in [2.05, 4.69) is 20.9 Å². The second-order valence-electron chi connectivity index (χ2n) is 2.74. The zero-order valence-electron chi connectivity index (χ0n) is 7.33. The normalized spacial score (nSPS) is 11.4. The van der Waals surface area contributed by atoms with Gasteiger partial charge in [0, 0.05) is 22.8 Å². The summed E-state index contributed by atoms with van der Waals surface area (Å²) >= 11 is 3.31. The molecule has 0 aliphatic rings. The quantitative estimate of drug-likeness (QED) is 0.600. The van der Waals surface area contributed by atoms with Gasteiger partial charge >= 0.3 is 0 Å². The molecule has 0 radical (unpaired) electrons. The van der Waals surface area contributed by atoms with Crippen LogP contribution in [0.2, 0.25) is 0 Å². The zero-order valence-corrected chi connectivity index (χ0v) is 8.91. The van der Waals surface area contributed by atoms with Gasteiger partial charge in [0.25, 0.3) is 0 Å². The Morgan fingerprint density at radius 1 is 1.62 bits per heavy atom. The van der Waals surface area contributed by atoms with Crippen LogP contribution in [-0.4, -0.2) is 11.3 Å². The van der Waals surface area contributed by atoms with Crippen molar-refractivity contribution < 1.29 is 4.79 Å². The van der Waals surface area contributed by atoms with Gasteiger partial charge in [-0.1, -0.05) is 6.08 Å². The zero-order chi connectivity index (χ0) is 9.68. The summed E-state index contributed by atoms with van der Waals surface area (Å²) in [6.07, 6.45) is 5.17. The summed E-state index contributed by atoms with van der Waals surface area (Å²) in [5, 5.41) is 0. The summed E-state index contributed by atoms with van der Waals surface area (Å²) in [5.41, 5.74) is 1.70. The molecule has 3 heteroatoms. The number of aromatic nitrogens is 1. The summed E-state index contributed by atoms with van der Waals surface area (Å²) in [7, 11) is 0. The molecule has 0 fully saturated rings. The van der Waals surface area contributed by atoms with Gasteiger partial charge in [0.05, 0.1) is 0 Å². The number of halogens is 1. The molecule has 0 aliphatic carbocycles. The molecule has 0 saturated heterocycles. The first-order valence-electron chi connectivity index (χ1n) is 3.95. The van der Waals surface area contributed by atoms with Crippen LogP contribution < -0.4 is 0 Å². The number of nitrogens with zero attached hydrogens (tertiary/aromatic N) is 1. The number of carbonyl (C=O) groups is 1. The van der Waals surface area contributed by atoms with Crippen LogP contribution in [0, 0.1) is 0 Å². The van der Waals surface area contributed by atoms with Gasteiger partial charge in [0.2, 0.25) is 0 Å². The van der Waals surface area contributed by atoms with Crippen molar-refractivity contribution in [2.75, 3.05) is 0 Å². The van der Waals surface area contributed by atoms with E-state index in [4.69, 9.17) is 0 Å². The van der Waals surface area contributed by atoms with E-state index in [9.17, 15) is 4.79 Å². The molecule has 0 unspecified atom stereocenters. The van der Waals surface area contributed by atoms with E-state index in [0.717, 1.165) is 22.0 Å². The van der Waals surface area contributed by atoms with Gasteiger partial charge in [-0.05, 0) is 40.6 Å². The molecule has 0 amide bonds. The first-order valence-corrected chi connectivity index (χ1v) is 4.74. The molecule has 2 nitrogen and oxygen atoms in total. The third-order valence-corrected chi connectivity index (χ3v) is 2.08. The predicted octanol–water partition coefficient (Wildman–Crippen LogP) is 2.53. The average Bonchev–Trinajstić information content (AvgIpc) is 2.16. The van der Waals surface area contributed by atoms with Crippen LogP contribution in [0.4, 0.5) is 0 Å². The van der Waals surface area contributed by atoms with Gasteiger partial charge in [-0.2, -0.15) is 0 Å². The predicted molar refractivity (Wildman–Crippen MR) is 55.5 cm³/mol. The SMILES string of the molecule is C/C(C=O)=C\Cc1ccc(Br)cn1. The van der Waals surface area contributed by atoms with E-state index in [0.29, 0.717) is 6.42 Å². The fourth-order valence-corrected chi connectivity index (χ4v) is 1.08. The molecule has 1 aromatic heterocycles. The summed E-state index contributed by atoms with van der Waals surface area (Å²) in [6, 6.07) is 3.87. The van der Waals surface area contributed by atoms with Gasteiger partial charge in [0.1, 0.15) is 6.29 Å².